The number of unbranched alkanes of at least 4 members (excludes halogenated alkanes) is 1. The zero-order valence-electron chi connectivity index (χ0n) is 25.7. The van der Waals surface area contributed by atoms with Gasteiger partial charge in [0.05, 0.1) is 30.9 Å². The average Bonchev–Trinajstić information content (AvgIpc) is 3.03. The van der Waals surface area contributed by atoms with Crippen molar-refractivity contribution in [3.63, 3.8) is 0 Å². The van der Waals surface area contributed by atoms with Crippen LogP contribution in [0.1, 0.15) is 116 Å². The van der Waals surface area contributed by atoms with Gasteiger partial charge in [-0.25, -0.2) is 0 Å². The van der Waals surface area contributed by atoms with Crippen LogP contribution in [0.5, 0.6) is 0 Å². The van der Waals surface area contributed by atoms with Crippen LogP contribution in [-0.2, 0) is 4.74 Å². The quantitative estimate of drug-likeness (QED) is 0.228. The molecule has 41 heavy (non-hydrogen) atoms. The molecule has 0 amide bonds. The number of rotatable bonds is 9. The van der Waals surface area contributed by atoms with Crippen molar-refractivity contribution in [2.75, 3.05) is 19.8 Å². The van der Waals surface area contributed by atoms with Crippen molar-refractivity contribution in [2.45, 2.75) is 134 Å². The summed E-state index contributed by atoms with van der Waals surface area (Å²) in [4.78, 5) is 0. The molecule has 1 heterocycles. The second-order valence-electron chi connectivity index (χ2n) is 13.6. The van der Waals surface area contributed by atoms with Gasteiger partial charge in [0.15, 0.2) is 0 Å². The van der Waals surface area contributed by atoms with E-state index in [9.17, 15) is 5.11 Å². The first kappa shape index (κ1) is 32.4. The van der Waals surface area contributed by atoms with E-state index < -0.39 is 6.10 Å². The normalized spacial score (nSPS) is 36.6. The Morgan fingerprint density at radius 2 is 1.46 bits per heavy atom. The van der Waals surface area contributed by atoms with Gasteiger partial charge in [0.2, 0.25) is 0 Å². The number of hydrogen-bond acceptors (Lipinski definition) is 5. The van der Waals surface area contributed by atoms with E-state index in [1.807, 2.05) is 0 Å². The molecule has 0 aromatic carbocycles. The van der Waals surface area contributed by atoms with Crippen molar-refractivity contribution >= 4 is 0 Å². The van der Waals surface area contributed by atoms with Gasteiger partial charge in [-0.15, -0.1) is 0 Å². The minimum absolute atomic E-state index is 0.0167. The highest BCUT2D eigenvalue weighted by molar-refractivity contribution is 5.15. The third kappa shape index (κ3) is 10.6. The number of hydrogen-bond donors (Lipinski definition) is 3. The molecule has 0 spiro atoms. The Balaban J connectivity index is 1.11. The second-order valence-corrected chi connectivity index (χ2v) is 13.6. The largest absolute Gasteiger partial charge is 0.394 e. The van der Waals surface area contributed by atoms with Crippen molar-refractivity contribution < 1.29 is 14.9 Å². The van der Waals surface area contributed by atoms with Gasteiger partial charge < -0.3 is 20.3 Å². The first-order chi connectivity index (χ1) is 20.1. The first-order valence-corrected chi connectivity index (χ1v) is 17.1. The molecule has 4 aliphatic rings. The van der Waals surface area contributed by atoms with Crippen LogP contribution in [0, 0.1) is 76.4 Å². The highest BCUT2D eigenvalue weighted by Crippen LogP contribution is 2.41. The predicted octanol–water partition coefficient (Wildman–Crippen LogP) is 6.23. The van der Waals surface area contributed by atoms with Gasteiger partial charge in [-0.3, -0.25) is 0 Å². The van der Waals surface area contributed by atoms with Crippen molar-refractivity contribution in [1.82, 2.24) is 5.32 Å². The number of piperidine rings is 1. The lowest BCUT2D eigenvalue weighted by Crippen LogP contribution is -2.37. The summed E-state index contributed by atoms with van der Waals surface area (Å²) in [6, 6.07) is 2.35. The lowest BCUT2D eigenvalue weighted by Gasteiger charge is -2.37. The summed E-state index contributed by atoms with van der Waals surface area (Å²) in [7, 11) is 0. The summed E-state index contributed by atoms with van der Waals surface area (Å²) in [5, 5.41) is 30.8. The van der Waals surface area contributed by atoms with Gasteiger partial charge in [-0.05, 0) is 120 Å². The summed E-state index contributed by atoms with van der Waals surface area (Å²) in [5.41, 5.74) is 0. The smallest absolute Gasteiger partial charge is 0.0953 e. The molecule has 4 fully saturated rings. The van der Waals surface area contributed by atoms with E-state index in [-0.39, 0.29) is 12.6 Å². The first-order valence-electron chi connectivity index (χ1n) is 17.1. The highest BCUT2D eigenvalue weighted by Gasteiger charge is 2.31. The average molecular weight is 565 g/mol. The van der Waals surface area contributed by atoms with E-state index >= 15 is 0 Å². The Hall–Kier alpha value is -1.55. The minimum Gasteiger partial charge on any atom is -0.394 e. The lowest BCUT2D eigenvalue weighted by molar-refractivity contribution is 0.00443. The molecular weight excluding hydrogens is 508 g/mol. The summed E-state index contributed by atoms with van der Waals surface area (Å²) < 4.78 is 6.13. The summed E-state index contributed by atoms with van der Waals surface area (Å²) in [6.07, 6.45) is 19.5. The van der Waals surface area contributed by atoms with Crippen LogP contribution >= 0.6 is 0 Å². The van der Waals surface area contributed by atoms with Crippen LogP contribution in [0.15, 0.2) is 0 Å². The van der Waals surface area contributed by atoms with Gasteiger partial charge in [0.25, 0.3) is 0 Å². The maximum Gasteiger partial charge on any atom is 0.0953 e. The number of nitrogens with one attached hydrogen (secondary N) is 1. The van der Waals surface area contributed by atoms with Gasteiger partial charge in [-0.1, -0.05) is 37.0 Å². The van der Waals surface area contributed by atoms with Gasteiger partial charge in [-0.2, -0.15) is 5.26 Å². The Morgan fingerprint density at radius 3 is 2.12 bits per heavy atom. The molecule has 0 aromatic rings. The van der Waals surface area contributed by atoms with Crippen molar-refractivity contribution in [1.29, 1.82) is 5.26 Å². The number of ether oxygens (including phenoxy) is 1. The molecule has 4 rings (SSSR count). The molecule has 6 atom stereocenters. The van der Waals surface area contributed by atoms with Crippen molar-refractivity contribution in [3.05, 3.63) is 0 Å². The van der Waals surface area contributed by atoms with Crippen LogP contribution in [0.3, 0.4) is 0 Å². The number of nitriles is 1. The molecule has 6 unspecified atom stereocenters. The molecule has 0 bridgehead atoms. The maximum absolute atomic E-state index is 9.44. The molecule has 1 saturated heterocycles. The highest BCUT2D eigenvalue weighted by atomic mass is 16.5. The fraction of sp³-hybridized carbons (Fsp3) is 0.861. The molecule has 0 radical (unpaired) electrons. The minimum atomic E-state index is -0.573. The van der Waals surface area contributed by atoms with E-state index in [2.05, 4.69) is 42.0 Å². The van der Waals surface area contributed by atoms with Crippen molar-refractivity contribution in [2.24, 2.45) is 41.4 Å². The topological polar surface area (TPSA) is 85.5 Å². The zero-order valence-corrected chi connectivity index (χ0v) is 25.7. The summed E-state index contributed by atoms with van der Waals surface area (Å²) in [6.45, 7) is 3.83. The van der Waals surface area contributed by atoms with Gasteiger partial charge in [0.1, 0.15) is 0 Å². The summed E-state index contributed by atoms with van der Waals surface area (Å²) >= 11 is 0. The third-order valence-electron chi connectivity index (χ3n) is 10.7. The number of aliphatic hydroxyl groups excluding tert-OH is 2. The van der Waals surface area contributed by atoms with Crippen LogP contribution in [0.2, 0.25) is 0 Å². The molecule has 5 heteroatoms. The molecule has 228 valence electrons. The fourth-order valence-electron chi connectivity index (χ4n) is 7.87. The van der Waals surface area contributed by atoms with Crippen LogP contribution in [0.25, 0.3) is 0 Å². The maximum atomic E-state index is 9.44. The Labute approximate surface area is 250 Å². The van der Waals surface area contributed by atoms with E-state index in [0.717, 1.165) is 50.7 Å². The molecule has 3 aliphatic carbocycles. The summed E-state index contributed by atoms with van der Waals surface area (Å²) in [5.74, 6) is 19.3. The molecule has 3 N–H and O–H groups in total. The van der Waals surface area contributed by atoms with Crippen molar-refractivity contribution in [3.8, 4) is 29.8 Å². The van der Waals surface area contributed by atoms with Crippen LogP contribution in [-0.4, -0.2) is 48.2 Å². The van der Waals surface area contributed by atoms with Gasteiger partial charge >= 0.3 is 0 Å². The van der Waals surface area contributed by atoms with E-state index in [0.29, 0.717) is 42.1 Å². The lowest BCUT2D eigenvalue weighted by atomic mass is 9.70. The Bertz CT molecular complexity index is 914. The molecule has 3 saturated carbocycles. The standard InChI is InChI=1S/C36H56N2O3/c1-2-30-23-28(10-15-31(30)16-11-29-12-19-34(24-37)38-25-29)7-6-27-8-13-32(14-9-27)33-17-20-36(21-18-33)41-22-4-3-5-35(40)26-39/h27-36,38-40H,2-5,8-10,12-15,17-23,25-26H2,1H3. The zero-order chi connectivity index (χ0) is 28.9. The Kier molecular flexibility index (Phi) is 13.8. The number of aliphatic hydroxyl groups is 2. The molecular formula is C36H56N2O3. The van der Waals surface area contributed by atoms with E-state index in [1.54, 1.807) is 0 Å². The van der Waals surface area contributed by atoms with E-state index in [4.69, 9.17) is 15.1 Å². The number of nitrogens with zero attached hydrogens (tertiary/aromatic N) is 1. The molecule has 0 aromatic heterocycles. The second kappa shape index (κ2) is 17.5. The molecule has 5 nitrogen and oxygen atoms in total. The Morgan fingerprint density at radius 1 is 0.805 bits per heavy atom. The fourth-order valence-corrected chi connectivity index (χ4v) is 7.87. The van der Waals surface area contributed by atoms with Crippen LogP contribution < -0.4 is 5.32 Å². The van der Waals surface area contributed by atoms with E-state index in [1.165, 1.54) is 77.0 Å². The third-order valence-corrected chi connectivity index (χ3v) is 10.7. The monoisotopic (exact) mass is 564 g/mol. The predicted molar refractivity (Wildman–Crippen MR) is 164 cm³/mol. The SMILES string of the molecule is CCC1CC(C#CC2CCC(C3CCC(OCCCCC(O)CO)CC3)CC2)CCC1C#CC1CCC(C#N)NC1. The van der Waals surface area contributed by atoms with Crippen LogP contribution in [0.4, 0.5) is 0 Å². The molecule has 1 aliphatic heterocycles. The van der Waals surface area contributed by atoms with Gasteiger partial charge in [0, 0.05) is 36.8 Å².